The van der Waals surface area contributed by atoms with Crippen LogP contribution in [-0.4, -0.2) is 22.8 Å². The number of nitrogens with zero attached hydrogens (tertiary/aromatic N) is 1. The average molecular weight is 293 g/mol. The molecule has 1 atom stereocenters. The first-order valence-electron chi connectivity index (χ1n) is 7.50. The standard InChI is InChI=1S/C19H19NO2/c21-17-6-3-5-15(14-17)13-16(19-8-1-2-11-20-19)9-10-18-7-4-12-22-18/h1-8,11,13-14,18,21H,9-10,12H2/b16-13-/t18-/m0/s1. The first-order chi connectivity index (χ1) is 10.8. The molecular weight excluding hydrogens is 274 g/mol. The van der Waals surface area contributed by atoms with Crippen LogP contribution in [0.5, 0.6) is 5.75 Å². The number of phenolic OH excluding ortho intramolecular Hbond substituents is 1. The summed E-state index contributed by atoms with van der Waals surface area (Å²) in [6.45, 7) is 0.708. The van der Waals surface area contributed by atoms with Crippen molar-refractivity contribution in [1.29, 1.82) is 0 Å². The lowest BCUT2D eigenvalue weighted by Crippen LogP contribution is -2.04. The van der Waals surface area contributed by atoms with Crippen LogP contribution in [0.15, 0.2) is 60.8 Å². The molecule has 0 amide bonds. The Bertz CT molecular complexity index is 677. The lowest BCUT2D eigenvalue weighted by Gasteiger charge is -2.11. The van der Waals surface area contributed by atoms with Gasteiger partial charge in [-0.2, -0.15) is 0 Å². The molecule has 1 N–H and O–H groups in total. The molecule has 1 aliphatic rings. The predicted molar refractivity (Wildman–Crippen MR) is 88.3 cm³/mol. The zero-order chi connectivity index (χ0) is 15.2. The summed E-state index contributed by atoms with van der Waals surface area (Å²) in [6.07, 6.45) is 10.1. The topological polar surface area (TPSA) is 42.4 Å². The van der Waals surface area contributed by atoms with E-state index in [0.717, 1.165) is 29.7 Å². The number of pyridine rings is 1. The average Bonchev–Trinajstić information content (AvgIpc) is 3.06. The van der Waals surface area contributed by atoms with Crippen LogP contribution in [0, 0.1) is 0 Å². The highest BCUT2D eigenvalue weighted by Gasteiger charge is 2.12. The molecule has 0 unspecified atom stereocenters. The second-order valence-corrected chi connectivity index (χ2v) is 5.32. The Morgan fingerprint density at radius 2 is 2.23 bits per heavy atom. The number of ether oxygens (including phenoxy) is 1. The summed E-state index contributed by atoms with van der Waals surface area (Å²) in [5, 5.41) is 9.63. The van der Waals surface area contributed by atoms with Gasteiger partial charge in [-0.3, -0.25) is 4.98 Å². The van der Waals surface area contributed by atoms with Crippen molar-refractivity contribution in [3.8, 4) is 5.75 Å². The van der Waals surface area contributed by atoms with Gasteiger partial charge in [0.15, 0.2) is 0 Å². The van der Waals surface area contributed by atoms with Gasteiger partial charge in [0.25, 0.3) is 0 Å². The third kappa shape index (κ3) is 3.83. The zero-order valence-corrected chi connectivity index (χ0v) is 12.4. The van der Waals surface area contributed by atoms with E-state index in [1.165, 1.54) is 0 Å². The lowest BCUT2D eigenvalue weighted by molar-refractivity contribution is 0.123. The summed E-state index contributed by atoms with van der Waals surface area (Å²) in [5.41, 5.74) is 3.09. The van der Waals surface area contributed by atoms with Crippen LogP contribution in [-0.2, 0) is 4.74 Å². The maximum Gasteiger partial charge on any atom is 0.116 e. The van der Waals surface area contributed by atoms with E-state index in [2.05, 4.69) is 23.2 Å². The van der Waals surface area contributed by atoms with E-state index in [4.69, 9.17) is 4.74 Å². The van der Waals surface area contributed by atoms with Gasteiger partial charge in [-0.1, -0.05) is 30.4 Å². The molecule has 0 bridgehead atoms. The van der Waals surface area contributed by atoms with Gasteiger partial charge in [0.05, 0.1) is 18.4 Å². The van der Waals surface area contributed by atoms with Gasteiger partial charge in [-0.15, -0.1) is 0 Å². The molecule has 1 aromatic carbocycles. The molecule has 1 aliphatic heterocycles. The Kier molecular flexibility index (Phi) is 4.66. The number of hydrogen-bond acceptors (Lipinski definition) is 3. The fourth-order valence-electron chi connectivity index (χ4n) is 2.56. The summed E-state index contributed by atoms with van der Waals surface area (Å²) in [6, 6.07) is 13.2. The Hall–Kier alpha value is -2.39. The second-order valence-electron chi connectivity index (χ2n) is 5.32. The van der Waals surface area contributed by atoms with E-state index < -0.39 is 0 Å². The zero-order valence-electron chi connectivity index (χ0n) is 12.4. The molecule has 0 aliphatic carbocycles. The van der Waals surface area contributed by atoms with Crippen molar-refractivity contribution in [3.05, 3.63) is 72.1 Å². The number of hydrogen-bond donors (Lipinski definition) is 1. The molecule has 0 fully saturated rings. The summed E-state index contributed by atoms with van der Waals surface area (Å²) >= 11 is 0. The fourth-order valence-corrected chi connectivity index (χ4v) is 2.56. The van der Waals surface area contributed by atoms with E-state index in [0.29, 0.717) is 6.61 Å². The SMILES string of the molecule is Oc1cccc(/C=C(/CC[C@@H]2C=CCO2)c2ccccn2)c1. The van der Waals surface area contributed by atoms with Crippen molar-refractivity contribution in [2.75, 3.05) is 6.61 Å². The lowest BCUT2D eigenvalue weighted by atomic mass is 10.0. The van der Waals surface area contributed by atoms with Crippen LogP contribution in [0.3, 0.4) is 0 Å². The maximum atomic E-state index is 9.63. The van der Waals surface area contributed by atoms with Crippen LogP contribution in [0.1, 0.15) is 24.1 Å². The normalized spacial score (nSPS) is 17.8. The molecule has 3 nitrogen and oxygen atoms in total. The highest BCUT2D eigenvalue weighted by molar-refractivity contribution is 5.80. The smallest absolute Gasteiger partial charge is 0.116 e. The summed E-state index contributed by atoms with van der Waals surface area (Å²) in [4.78, 5) is 4.45. The Morgan fingerprint density at radius 3 is 2.95 bits per heavy atom. The van der Waals surface area contributed by atoms with Gasteiger partial charge < -0.3 is 9.84 Å². The van der Waals surface area contributed by atoms with Crippen molar-refractivity contribution in [2.45, 2.75) is 18.9 Å². The third-order valence-electron chi connectivity index (χ3n) is 3.66. The Morgan fingerprint density at radius 1 is 1.27 bits per heavy atom. The number of allylic oxidation sites excluding steroid dienone is 1. The van der Waals surface area contributed by atoms with Crippen LogP contribution in [0.2, 0.25) is 0 Å². The number of rotatable bonds is 5. The second kappa shape index (κ2) is 7.05. The highest BCUT2D eigenvalue weighted by atomic mass is 16.5. The quantitative estimate of drug-likeness (QED) is 0.845. The Balaban J connectivity index is 1.83. The van der Waals surface area contributed by atoms with Gasteiger partial charge in [0.1, 0.15) is 5.75 Å². The number of aromatic nitrogens is 1. The number of aromatic hydroxyl groups is 1. The molecule has 3 heteroatoms. The predicted octanol–water partition coefficient (Wildman–Crippen LogP) is 4.06. The molecular formula is C19H19NO2. The van der Waals surface area contributed by atoms with Crippen LogP contribution >= 0.6 is 0 Å². The number of phenols is 1. The summed E-state index contributed by atoms with van der Waals surface area (Å²) in [5.74, 6) is 0.274. The van der Waals surface area contributed by atoms with E-state index in [-0.39, 0.29) is 11.9 Å². The third-order valence-corrected chi connectivity index (χ3v) is 3.66. The first kappa shape index (κ1) is 14.5. The molecule has 22 heavy (non-hydrogen) atoms. The van der Waals surface area contributed by atoms with Crippen molar-refractivity contribution >= 4 is 11.6 Å². The van der Waals surface area contributed by atoms with Gasteiger partial charge >= 0.3 is 0 Å². The van der Waals surface area contributed by atoms with E-state index >= 15 is 0 Å². The largest absolute Gasteiger partial charge is 0.508 e. The molecule has 112 valence electrons. The van der Waals surface area contributed by atoms with Gasteiger partial charge in [-0.25, -0.2) is 0 Å². The van der Waals surface area contributed by atoms with E-state index in [9.17, 15) is 5.11 Å². The molecule has 1 aromatic heterocycles. The van der Waals surface area contributed by atoms with Crippen molar-refractivity contribution in [2.24, 2.45) is 0 Å². The fraction of sp³-hybridized carbons (Fsp3) is 0.211. The minimum absolute atomic E-state index is 0.191. The summed E-state index contributed by atoms with van der Waals surface area (Å²) in [7, 11) is 0. The minimum Gasteiger partial charge on any atom is -0.508 e. The first-order valence-corrected chi connectivity index (χ1v) is 7.50. The molecule has 0 saturated heterocycles. The maximum absolute atomic E-state index is 9.63. The van der Waals surface area contributed by atoms with Gasteiger partial charge in [0, 0.05) is 6.20 Å². The molecule has 0 saturated carbocycles. The van der Waals surface area contributed by atoms with Gasteiger partial charge in [0.2, 0.25) is 0 Å². The molecule has 2 aromatic rings. The molecule has 2 heterocycles. The summed E-state index contributed by atoms with van der Waals surface area (Å²) < 4.78 is 5.61. The van der Waals surface area contributed by atoms with Crippen LogP contribution in [0.4, 0.5) is 0 Å². The van der Waals surface area contributed by atoms with E-state index in [1.807, 2.05) is 30.3 Å². The molecule has 3 rings (SSSR count). The number of benzene rings is 1. The van der Waals surface area contributed by atoms with E-state index in [1.54, 1.807) is 18.3 Å². The van der Waals surface area contributed by atoms with Gasteiger partial charge in [-0.05, 0) is 54.3 Å². The van der Waals surface area contributed by atoms with Crippen molar-refractivity contribution < 1.29 is 9.84 Å². The molecule has 0 spiro atoms. The minimum atomic E-state index is 0.191. The van der Waals surface area contributed by atoms with Crippen LogP contribution < -0.4 is 0 Å². The van der Waals surface area contributed by atoms with Crippen molar-refractivity contribution in [1.82, 2.24) is 4.98 Å². The Labute approximate surface area is 130 Å². The highest BCUT2D eigenvalue weighted by Crippen LogP contribution is 2.25. The molecule has 0 radical (unpaired) electrons. The van der Waals surface area contributed by atoms with Crippen LogP contribution in [0.25, 0.3) is 11.6 Å². The monoisotopic (exact) mass is 293 g/mol. The van der Waals surface area contributed by atoms with Crippen molar-refractivity contribution in [3.63, 3.8) is 0 Å².